The minimum Gasteiger partial charge on any atom is -0.465 e. The molecule has 0 saturated carbocycles. The second-order valence-electron chi connectivity index (χ2n) is 9.24. The van der Waals surface area contributed by atoms with Crippen molar-refractivity contribution in [1.29, 1.82) is 0 Å². The van der Waals surface area contributed by atoms with Crippen molar-refractivity contribution >= 4 is 11.6 Å². The molecule has 1 atom stereocenters. The number of pyridine rings is 1. The molecule has 1 aromatic carbocycles. The van der Waals surface area contributed by atoms with E-state index in [0.717, 1.165) is 16.9 Å². The molecule has 2 aromatic heterocycles. The lowest BCUT2D eigenvalue weighted by Gasteiger charge is -2.22. The van der Waals surface area contributed by atoms with Crippen molar-refractivity contribution in [1.82, 2.24) is 14.7 Å². The topological polar surface area (TPSA) is 74.1 Å². The molecule has 3 rings (SSSR count). The highest BCUT2D eigenvalue weighted by Gasteiger charge is 2.22. The van der Waals surface area contributed by atoms with Crippen LogP contribution in [0.3, 0.4) is 0 Å². The molecule has 1 N–H and O–H groups in total. The maximum absolute atomic E-state index is 15.1. The minimum absolute atomic E-state index is 0.153. The number of likely N-dealkylation sites (N-methyl/N-ethyl adjacent to an activating group) is 1. The summed E-state index contributed by atoms with van der Waals surface area (Å²) in [4.78, 5) is 16.6. The number of imidazole rings is 1. The van der Waals surface area contributed by atoms with Gasteiger partial charge in [0.05, 0.1) is 49.0 Å². The van der Waals surface area contributed by atoms with Crippen molar-refractivity contribution in [3.63, 3.8) is 0 Å². The van der Waals surface area contributed by atoms with E-state index in [0.29, 0.717) is 37.4 Å². The van der Waals surface area contributed by atoms with Gasteiger partial charge in [-0.05, 0) is 70.6 Å². The van der Waals surface area contributed by atoms with Crippen LogP contribution in [0.25, 0.3) is 16.9 Å². The minimum atomic E-state index is -0.587. The molecule has 0 aliphatic rings. The third-order valence-electron chi connectivity index (χ3n) is 5.35. The number of esters is 1. The quantitative estimate of drug-likeness (QED) is 0.353. The Hall–Kier alpha value is -2.81. The summed E-state index contributed by atoms with van der Waals surface area (Å²) in [7, 11) is 3.14. The van der Waals surface area contributed by atoms with Gasteiger partial charge in [-0.15, -0.1) is 0 Å². The predicted octanol–water partition coefficient (Wildman–Crippen LogP) is 4.20. The molecule has 0 amide bonds. The summed E-state index contributed by atoms with van der Waals surface area (Å²) in [5, 5.41) is 3.17. The first kappa shape index (κ1) is 25.8. The molecular weight excluding hydrogens is 437 g/mol. The van der Waals surface area contributed by atoms with Crippen molar-refractivity contribution in [2.75, 3.05) is 33.9 Å². The van der Waals surface area contributed by atoms with E-state index in [1.807, 2.05) is 57.5 Å². The lowest BCUT2D eigenvalue weighted by molar-refractivity contribution is -0.0508. The van der Waals surface area contributed by atoms with Crippen molar-refractivity contribution in [3.05, 3.63) is 59.2 Å². The van der Waals surface area contributed by atoms with Crippen LogP contribution in [0.1, 0.15) is 42.4 Å². The number of hydrogen-bond acceptors (Lipinski definition) is 6. The van der Waals surface area contributed by atoms with E-state index < -0.39 is 11.8 Å². The maximum atomic E-state index is 15.1. The Morgan fingerprint density at radius 1 is 1.21 bits per heavy atom. The van der Waals surface area contributed by atoms with Crippen molar-refractivity contribution in [3.8, 4) is 11.3 Å². The third-order valence-corrected chi connectivity index (χ3v) is 5.35. The van der Waals surface area contributed by atoms with Gasteiger partial charge in [0.15, 0.2) is 0 Å². The normalized spacial score (nSPS) is 12.8. The van der Waals surface area contributed by atoms with Gasteiger partial charge in [-0.3, -0.25) is 0 Å². The Labute approximate surface area is 200 Å². The average Bonchev–Trinajstić information content (AvgIpc) is 3.12. The zero-order valence-electron chi connectivity index (χ0n) is 20.8. The van der Waals surface area contributed by atoms with Crippen LogP contribution >= 0.6 is 0 Å². The number of halogens is 1. The predicted molar refractivity (Wildman–Crippen MR) is 130 cm³/mol. The fourth-order valence-electron chi connectivity index (χ4n) is 3.76. The van der Waals surface area contributed by atoms with Gasteiger partial charge in [-0.25, -0.2) is 14.2 Å². The highest BCUT2D eigenvalue weighted by atomic mass is 19.1. The second kappa shape index (κ2) is 11.1. The molecule has 0 aliphatic heterocycles. The molecule has 7 nitrogen and oxygen atoms in total. The first-order valence-corrected chi connectivity index (χ1v) is 11.4. The molecule has 0 radical (unpaired) electrons. The lowest BCUT2D eigenvalue weighted by atomic mass is 10.0. The van der Waals surface area contributed by atoms with Crippen LogP contribution in [0, 0.1) is 12.7 Å². The van der Waals surface area contributed by atoms with Crippen LogP contribution in [0.4, 0.5) is 4.39 Å². The highest BCUT2D eigenvalue weighted by molar-refractivity contribution is 5.90. The molecule has 184 valence electrons. The first-order chi connectivity index (χ1) is 16.1. The number of rotatable bonds is 10. The number of carbonyl (C=O) groups is 1. The number of hydrogen-bond donors (Lipinski definition) is 1. The van der Waals surface area contributed by atoms with E-state index in [1.54, 1.807) is 12.1 Å². The number of aryl methyl sites for hydroxylation is 1. The fourth-order valence-corrected chi connectivity index (χ4v) is 3.76. The van der Waals surface area contributed by atoms with E-state index >= 15 is 4.39 Å². The highest BCUT2D eigenvalue weighted by Crippen LogP contribution is 2.29. The third kappa shape index (κ3) is 6.40. The summed E-state index contributed by atoms with van der Waals surface area (Å²) < 4.78 is 33.7. The van der Waals surface area contributed by atoms with Crippen LogP contribution in [-0.4, -0.2) is 61.0 Å². The van der Waals surface area contributed by atoms with Gasteiger partial charge in [0, 0.05) is 24.7 Å². The first-order valence-electron chi connectivity index (χ1n) is 11.4. The number of ether oxygens (including phenoxy) is 3. The Morgan fingerprint density at radius 2 is 1.97 bits per heavy atom. The standard InChI is InChI=1S/C26H34FN3O4/c1-17-9-10-30-22(15-19(16-28-5)33-11-12-34-26(2,3)4)24(29-23(30)13-17)20-8-7-18(14-21(20)27)25(31)32-6/h7-10,13-14,19,28H,11-12,15-16H2,1-6H3. The van der Waals surface area contributed by atoms with E-state index in [9.17, 15) is 4.79 Å². The van der Waals surface area contributed by atoms with Gasteiger partial charge in [-0.1, -0.05) is 0 Å². The van der Waals surface area contributed by atoms with Gasteiger partial charge < -0.3 is 23.9 Å². The molecule has 0 saturated heterocycles. The van der Waals surface area contributed by atoms with E-state index in [-0.39, 0.29) is 17.3 Å². The van der Waals surface area contributed by atoms with E-state index in [2.05, 4.69) is 5.32 Å². The summed E-state index contributed by atoms with van der Waals surface area (Å²) >= 11 is 0. The summed E-state index contributed by atoms with van der Waals surface area (Å²) in [6.45, 7) is 9.53. The van der Waals surface area contributed by atoms with Gasteiger partial charge in [0.25, 0.3) is 0 Å². The van der Waals surface area contributed by atoms with Crippen LogP contribution in [-0.2, 0) is 20.6 Å². The van der Waals surface area contributed by atoms with Gasteiger partial charge in [0.2, 0.25) is 0 Å². The summed E-state index contributed by atoms with van der Waals surface area (Å²) in [5.74, 6) is -1.12. The molecule has 2 heterocycles. The summed E-state index contributed by atoms with van der Waals surface area (Å²) in [6, 6.07) is 8.26. The number of methoxy groups -OCH3 is 1. The molecule has 0 aliphatic carbocycles. The monoisotopic (exact) mass is 471 g/mol. The number of carbonyl (C=O) groups excluding carboxylic acids is 1. The molecular formula is C26H34FN3O4. The zero-order chi connectivity index (χ0) is 24.9. The summed E-state index contributed by atoms with van der Waals surface area (Å²) in [5.41, 5.74) is 3.37. The van der Waals surface area contributed by atoms with E-state index in [1.165, 1.54) is 13.2 Å². The average molecular weight is 472 g/mol. The van der Waals surface area contributed by atoms with Crippen LogP contribution in [0.5, 0.6) is 0 Å². The van der Waals surface area contributed by atoms with Crippen LogP contribution in [0.2, 0.25) is 0 Å². The van der Waals surface area contributed by atoms with Crippen LogP contribution in [0.15, 0.2) is 36.5 Å². The molecule has 34 heavy (non-hydrogen) atoms. The largest absolute Gasteiger partial charge is 0.465 e. The lowest BCUT2D eigenvalue weighted by Crippen LogP contribution is -2.31. The number of nitrogens with one attached hydrogen (secondary N) is 1. The molecule has 3 aromatic rings. The molecule has 1 unspecified atom stereocenters. The molecule has 0 bridgehead atoms. The SMILES string of the molecule is CNCC(Cc1c(-c2ccc(C(=O)OC)cc2F)nc2cc(C)ccn12)OCCOC(C)(C)C. The van der Waals surface area contributed by atoms with E-state index in [4.69, 9.17) is 19.2 Å². The Bertz CT molecular complexity index is 1140. The summed E-state index contributed by atoms with van der Waals surface area (Å²) in [6.07, 6.45) is 2.27. The van der Waals surface area contributed by atoms with Gasteiger partial charge in [-0.2, -0.15) is 0 Å². The van der Waals surface area contributed by atoms with Crippen LogP contribution < -0.4 is 5.32 Å². The number of benzene rings is 1. The van der Waals surface area contributed by atoms with Gasteiger partial charge >= 0.3 is 5.97 Å². The van der Waals surface area contributed by atoms with Gasteiger partial charge in [0.1, 0.15) is 11.5 Å². The second-order valence-corrected chi connectivity index (χ2v) is 9.24. The zero-order valence-corrected chi connectivity index (χ0v) is 20.8. The Balaban J connectivity index is 1.95. The molecule has 0 fully saturated rings. The smallest absolute Gasteiger partial charge is 0.337 e. The van der Waals surface area contributed by atoms with Crippen molar-refractivity contribution < 1.29 is 23.4 Å². The Kier molecular flexibility index (Phi) is 8.41. The number of aromatic nitrogens is 2. The number of nitrogens with zero attached hydrogens (tertiary/aromatic N) is 2. The fraction of sp³-hybridized carbons (Fsp3) is 0.462. The van der Waals surface area contributed by atoms with Crippen molar-refractivity contribution in [2.24, 2.45) is 0 Å². The van der Waals surface area contributed by atoms with Crippen molar-refractivity contribution in [2.45, 2.75) is 45.8 Å². The molecule has 8 heteroatoms. The maximum Gasteiger partial charge on any atom is 0.337 e. The molecule has 0 spiro atoms. The number of fused-ring (bicyclic) bond motifs is 1. The Morgan fingerprint density at radius 3 is 2.62 bits per heavy atom.